The summed E-state index contributed by atoms with van der Waals surface area (Å²) in [6, 6.07) is 20.4. The summed E-state index contributed by atoms with van der Waals surface area (Å²) < 4.78 is 6.28. The van der Waals surface area contributed by atoms with Crippen LogP contribution in [0.15, 0.2) is 90.3 Å². The molecule has 1 aliphatic rings. The van der Waals surface area contributed by atoms with Crippen molar-refractivity contribution in [3.63, 3.8) is 0 Å². The SMILES string of the molecule is CCOc1cc(C(C)(C)C)ncc1/C(=N/C(C)(C)c1ccc(Cl)cc1)N(Cc1ccc(Cl)cc1)C(=O)N1CCC(CC(=O)Nc2cccnc2)CC1. The highest BCUT2D eigenvalue weighted by molar-refractivity contribution is 6.30. The van der Waals surface area contributed by atoms with Gasteiger partial charge < -0.3 is 15.0 Å². The maximum atomic E-state index is 14.9. The number of ether oxygens (including phenoxy) is 1. The van der Waals surface area contributed by atoms with Crippen LogP contribution in [0.25, 0.3) is 0 Å². The van der Waals surface area contributed by atoms with Gasteiger partial charge in [0.05, 0.1) is 36.1 Å². The van der Waals surface area contributed by atoms with Gasteiger partial charge in [-0.2, -0.15) is 0 Å². The monoisotopic (exact) mass is 742 g/mol. The molecule has 52 heavy (non-hydrogen) atoms. The number of rotatable bonds is 10. The quantitative estimate of drug-likeness (QED) is 0.129. The van der Waals surface area contributed by atoms with Gasteiger partial charge in [0.1, 0.15) is 11.6 Å². The number of benzene rings is 2. The normalized spacial score (nSPS) is 14.2. The lowest BCUT2D eigenvalue weighted by atomic mass is 9.91. The zero-order valence-electron chi connectivity index (χ0n) is 30.8. The minimum atomic E-state index is -0.779. The zero-order valence-corrected chi connectivity index (χ0v) is 32.3. The van der Waals surface area contributed by atoms with Crippen molar-refractivity contribution in [3.05, 3.63) is 118 Å². The first kappa shape index (κ1) is 38.8. The first-order chi connectivity index (χ1) is 24.7. The van der Waals surface area contributed by atoms with Crippen molar-refractivity contribution >= 4 is 46.7 Å². The van der Waals surface area contributed by atoms with Crippen molar-refractivity contribution in [2.75, 3.05) is 25.0 Å². The lowest BCUT2D eigenvalue weighted by molar-refractivity contribution is -0.117. The Labute approximate surface area is 317 Å². The number of nitrogens with zero attached hydrogens (tertiary/aromatic N) is 5. The van der Waals surface area contributed by atoms with E-state index >= 15 is 0 Å². The molecular formula is C41H48Cl2N6O3. The predicted molar refractivity (Wildman–Crippen MR) is 209 cm³/mol. The maximum absolute atomic E-state index is 14.9. The van der Waals surface area contributed by atoms with Crippen LogP contribution in [-0.2, 0) is 22.3 Å². The van der Waals surface area contributed by atoms with Crippen LogP contribution in [0.3, 0.4) is 0 Å². The smallest absolute Gasteiger partial charge is 0.325 e. The number of piperidine rings is 1. The number of nitrogens with one attached hydrogen (secondary N) is 1. The summed E-state index contributed by atoms with van der Waals surface area (Å²) in [5, 5.41) is 4.17. The number of aliphatic imine (C=N–C) groups is 1. The number of anilines is 1. The second-order valence-corrected chi connectivity index (χ2v) is 15.5. The van der Waals surface area contributed by atoms with Crippen LogP contribution >= 0.6 is 23.2 Å². The number of carbonyl (C=O) groups is 2. The molecule has 3 amide bonds. The molecule has 2 aromatic heterocycles. The number of hydrogen-bond acceptors (Lipinski definition) is 6. The third kappa shape index (κ3) is 10.1. The second kappa shape index (κ2) is 16.9. The molecule has 1 N–H and O–H groups in total. The molecule has 9 nitrogen and oxygen atoms in total. The van der Waals surface area contributed by atoms with E-state index in [0.717, 1.165) is 16.8 Å². The van der Waals surface area contributed by atoms with Crippen LogP contribution in [-0.4, -0.2) is 57.2 Å². The van der Waals surface area contributed by atoms with Crippen molar-refractivity contribution < 1.29 is 14.3 Å². The van der Waals surface area contributed by atoms with Gasteiger partial charge in [-0.15, -0.1) is 0 Å². The largest absolute Gasteiger partial charge is 0.493 e. The Balaban J connectivity index is 1.53. The number of aromatic nitrogens is 2. The number of urea groups is 1. The molecule has 0 saturated carbocycles. The van der Waals surface area contributed by atoms with Gasteiger partial charge >= 0.3 is 6.03 Å². The van der Waals surface area contributed by atoms with Crippen LogP contribution in [0.2, 0.25) is 10.0 Å². The van der Waals surface area contributed by atoms with Crippen molar-refractivity contribution in [3.8, 4) is 5.75 Å². The number of hydrogen-bond donors (Lipinski definition) is 1. The van der Waals surface area contributed by atoms with E-state index in [0.29, 0.717) is 71.8 Å². The van der Waals surface area contributed by atoms with E-state index < -0.39 is 5.54 Å². The Hall–Kier alpha value is -4.47. The van der Waals surface area contributed by atoms with Gasteiger partial charge in [-0.25, -0.2) is 4.79 Å². The maximum Gasteiger partial charge on any atom is 0.325 e. The molecule has 0 unspecified atom stereocenters. The van der Waals surface area contributed by atoms with Gasteiger partial charge in [-0.3, -0.25) is 24.7 Å². The predicted octanol–water partition coefficient (Wildman–Crippen LogP) is 9.52. The number of likely N-dealkylation sites (tertiary alicyclic amines) is 1. The Morgan fingerprint density at radius 3 is 2.21 bits per heavy atom. The number of amidine groups is 1. The molecule has 11 heteroatoms. The molecule has 0 spiro atoms. The first-order valence-corrected chi connectivity index (χ1v) is 18.5. The molecule has 2 aromatic carbocycles. The summed E-state index contributed by atoms with van der Waals surface area (Å²) >= 11 is 12.6. The average Bonchev–Trinajstić information content (AvgIpc) is 3.11. The van der Waals surface area contributed by atoms with E-state index in [1.165, 1.54) is 0 Å². The van der Waals surface area contributed by atoms with Gasteiger partial charge in [0.2, 0.25) is 5.91 Å². The fourth-order valence-electron chi connectivity index (χ4n) is 6.16. The number of amides is 3. The zero-order chi connectivity index (χ0) is 37.5. The van der Waals surface area contributed by atoms with Crippen molar-refractivity contribution in [2.24, 2.45) is 10.9 Å². The molecule has 1 fully saturated rings. The minimum absolute atomic E-state index is 0.0596. The van der Waals surface area contributed by atoms with E-state index in [1.54, 1.807) is 29.6 Å². The van der Waals surface area contributed by atoms with E-state index in [1.807, 2.05) is 86.3 Å². The number of carbonyl (C=O) groups excluding carboxylic acids is 2. The second-order valence-electron chi connectivity index (χ2n) is 14.7. The van der Waals surface area contributed by atoms with E-state index in [9.17, 15) is 9.59 Å². The fourth-order valence-corrected chi connectivity index (χ4v) is 6.41. The van der Waals surface area contributed by atoms with Gasteiger partial charge in [0.25, 0.3) is 0 Å². The molecule has 274 valence electrons. The Morgan fingerprint density at radius 2 is 1.62 bits per heavy atom. The Morgan fingerprint density at radius 1 is 0.962 bits per heavy atom. The summed E-state index contributed by atoms with van der Waals surface area (Å²) in [4.78, 5) is 45.7. The minimum Gasteiger partial charge on any atom is -0.493 e. The lowest BCUT2D eigenvalue weighted by Gasteiger charge is -2.37. The molecule has 5 rings (SSSR count). The van der Waals surface area contributed by atoms with Crippen molar-refractivity contribution in [2.45, 2.75) is 78.3 Å². The van der Waals surface area contributed by atoms with Crippen LogP contribution < -0.4 is 10.1 Å². The summed E-state index contributed by atoms with van der Waals surface area (Å²) in [6.07, 6.45) is 6.83. The molecule has 0 atom stereocenters. The molecular weight excluding hydrogens is 695 g/mol. The fraction of sp³-hybridized carbons (Fsp3) is 0.390. The number of halogens is 2. The van der Waals surface area contributed by atoms with Crippen molar-refractivity contribution in [1.29, 1.82) is 0 Å². The highest BCUT2D eigenvalue weighted by atomic mass is 35.5. The Kier molecular flexibility index (Phi) is 12.6. The van der Waals surface area contributed by atoms with Gasteiger partial charge in [0.15, 0.2) is 0 Å². The third-order valence-electron chi connectivity index (χ3n) is 9.16. The summed E-state index contributed by atoms with van der Waals surface area (Å²) in [5.74, 6) is 1.12. The molecule has 4 aromatic rings. The standard InChI is InChI=1S/C41H48Cl2N6O3/c1-7-52-35-24-36(40(2,3)4)45-26-34(35)38(47-41(5,6)30-12-16-32(43)17-13-30)49(27-29-10-14-31(42)15-11-29)39(51)48-21-18-28(19-22-48)23-37(50)46-33-9-8-20-44-25-33/h8-17,20,24-26,28H,7,18-19,21-23,27H2,1-6H3,(H,46,50)/b47-38-. The molecule has 0 bridgehead atoms. The van der Waals surface area contributed by atoms with Crippen LogP contribution in [0.4, 0.5) is 10.5 Å². The molecule has 3 heterocycles. The van der Waals surface area contributed by atoms with Crippen LogP contribution in [0, 0.1) is 5.92 Å². The van der Waals surface area contributed by atoms with E-state index in [-0.39, 0.29) is 29.8 Å². The van der Waals surface area contributed by atoms with Gasteiger partial charge in [-0.1, -0.05) is 68.2 Å². The summed E-state index contributed by atoms with van der Waals surface area (Å²) in [6.45, 7) is 13.9. The van der Waals surface area contributed by atoms with Crippen LogP contribution in [0.1, 0.15) is 83.2 Å². The molecule has 0 radical (unpaired) electrons. The topological polar surface area (TPSA) is 100 Å². The van der Waals surface area contributed by atoms with E-state index in [4.69, 9.17) is 37.9 Å². The highest BCUT2D eigenvalue weighted by Gasteiger charge is 2.34. The number of pyridine rings is 2. The Bertz CT molecular complexity index is 1850. The summed E-state index contributed by atoms with van der Waals surface area (Å²) in [7, 11) is 0. The van der Waals surface area contributed by atoms with Gasteiger partial charge in [0, 0.05) is 59.1 Å². The average molecular weight is 744 g/mol. The molecule has 1 saturated heterocycles. The van der Waals surface area contributed by atoms with E-state index in [2.05, 4.69) is 31.1 Å². The van der Waals surface area contributed by atoms with Crippen molar-refractivity contribution in [1.82, 2.24) is 19.8 Å². The molecule has 1 aliphatic heterocycles. The van der Waals surface area contributed by atoms with Crippen LogP contribution in [0.5, 0.6) is 5.75 Å². The first-order valence-electron chi connectivity index (χ1n) is 17.7. The third-order valence-corrected chi connectivity index (χ3v) is 9.66. The highest BCUT2D eigenvalue weighted by Crippen LogP contribution is 2.33. The molecule has 0 aliphatic carbocycles. The lowest BCUT2D eigenvalue weighted by Crippen LogP contribution is -2.49. The summed E-state index contributed by atoms with van der Waals surface area (Å²) in [5.41, 5.74) is 2.94. The van der Waals surface area contributed by atoms with Gasteiger partial charge in [-0.05, 0) is 87.1 Å².